The molecule has 2 aromatic heterocycles. The lowest BCUT2D eigenvalue weighted by Crippen LogP contribution is -2.60. The first-order valence-corrected chi connectivity index (χ1v) is 10.5. The highest BCUT2D eigenvalue weighted by Crippen LogP contribution is 2.46. The van der Waals surface area contributed by atoms with E-state index in [1.165, 1.54) is 0 Å². The number of hydrogen-bond acceptors (Lipinski definition) is 6. The van der Waals surface area contributed by atoms with Crippen LogP contribution in [0.15, 0.2) is 28.8 Å². The van der Waals surface area contributed by atoms with Gasteiger partial charge in [-0.05, 0) is 38.3 Å². The van der Waals surface area contributed by atoms with Gasteiger partial charge in [0, 0.05) is 36.5 Å². The maximum absolute atomic E-state index is 12.6. The molecular formula is C20H23N3O3S. The molecule has 27 heavy (non-hydrogen) atoms. The van der Waals surface area contributed by atoms with Crippen LogP contribution in [0.4, 0.5) is 0 Å². The minimum atomic E-state index is -0.00907. The molecule has 2 saturated heterocycles. The number of pyridine rings is 1. The maximum Gasteiger partial charge on any atom is 0.276 e. The zero-order chi connectivity index (χ0) is 18.4. The largest absolute Gasteiger partial charge is 0.371 e. The van der Waals surface area contributed by atoms with Crippen molar-refractivity contribution in [2.75, 3.05) is 18.8 Å². The van der Waals surface area contributed by atoms with Gasteiger partial charge in [-0.1, -0.05) is 11.2 Å². The molecule has 1 atom stereocenters. The van der Waals surface area contributed by atoms with Crippen molar-refractivity contribution in [1.82, 2.24) is 15.0 Å². The second-order valence-corrected chi connectivity index (χ2v) is 9.44. The first kappa shape index (κ1) is 17.3. The van der Waals surface area contributed by atoms with Crippen molar-refractivity contribution >= 4 is 17.7 Å². The Morgan fingerprint density at radius 2 is 2.26 bits per heavy atom. The minimum absolute atomic E-state index is 0.00907. The highest BCUT2D eigenvalue weighted by Gasteiger charge is 2.51. The van der Waals surface area contributed by atoms with E-state index in [4.69, 9.17) is 9.26 Å². The second kappa shape index (κ2) is 6.63. The molecule has 0 unspecified atom stereocenters. The van der Waals surface area contributed by atoms with E-state index in [1.54, 1.807) is 0 Å². The number of rotatable bonds is 5. The Balaban J connectivity index is 1.12. The standard InChI is InChI=1S/C20H23N3O3S/c1-13-3-2-4-15(21-13)9-25-16-8-20(27-10-16)11-23(12-20)19(24)17-7-18(26-22-17)14-5-6-14/h2-4,7,14,16H,5-6,8-12H2,1H3/t16-/m0/s1. The molecule has 1 amide bonds. The van der Waals surface area contributed by atoms with E-state index in [1.807, 2.05) is 47.9 Å². The summed E-state index contributed by atoms with van der Waals surface area (Å²) in [5.74, 6) is 2.31. The Labute approximate surface area is 162 Å². The average molecular weight is 385 g/mol. The fourth-order valence-electron chi connectivity index (χ4n) is 3.92. The Bertz CT molecular complexity index is 858. The van der Waals surface area contributed by atoms with E-state index in [0.717, 1.165) is 55.3 Å². The normalized spacial score (nSPS) is 23.6. The summed E-state index contributed by atoms with van der Waals surface area (Å²) in [6, 6.07) is 7.84. The predicted molar refractivity (Wildman–Crippen MR) is 102 cm³/mol. The molecule has 2 aromatic rings. The summed E-state index contributed by atoms with van der Waals surface area (Å²) < 4.78 is 11.5. The van der Waals surface area contributed by atoms with Crippen LogP contribution >= 0.6 is 11.8 Å². The molecule has 0 radical (unpaired) electrons. The van der Waals surface area contributed by atoms with Crippen molar-refractivity contribution in [3.8, 4) is 0 Å². The van der Waals surface area contributed by atoms with E-state index < -0.39 is 0 Å². The van der Waals surface area contributed by atoms with Crippen LogP contribution in [0.5, 0.6) is 0 Å². The molecule has 2 aliphatic heterocycles. The van der Waals surface area contributed by atoms with Crippen LogP contribution in [-0.2, 0) is 11.3 Å². The minimum Gasteiger partial charge on any atom is -0.371 e. The number of ether oxygens (including phenoxy) is 1. The van der Waals surface area contributed by atoms with Gasteiger partial charge in [-0.3, -0.25) is 9.78 Å². The molecule has 6 nitrogen and oxygen atoms in total. The number of aryl methyl sites for hydroxylation is 1. The van der Waals surface area contributed by atoms with Crippen LogP contribution in [-0.4, -0.2) is 50.6 Å². The van der Waals surface area contributed by atoms with Gasteiger partial charge in [0.15, 0.2) is 5.69 Å². The number of carbonyl (C=O) groups is 1. The highest BCUT2D eigenvalue weighted by atomic mass is 32.2. The third-order valence-electron chi connectivity index (χ3n) is 5.56. The van der Waals surface area contributed by atoms with Crippen LogP contribution in [0, 0.1) is 6.92 Å². The smallest absolute Gasteiger partial charge is 0.276 e. The summed E-state index contributed by atoms with van der Waals surface area (Å²) in [4.78, 5) is 19.0. The van der Waals surface area contributed by atoms with Crippen LogP contribution in [0.25, 0.3) is 0 Å². The lowest BCUT2D eigenvalue weighted by molar-refractivity contribution is 0.0241. The molecule has 4 heterocycles. The Kier molecular flexibility index (Phi) is 4.24. The molecule has 142 valence electrons. The number of nitrogens with zero attached hydrogens (tertiary/aromatic N) is 3. The second-order valence-electron chi connectivity index (χ2n) is 7.95. The summed E-state index contributed by atoms with van der Waals surface area (Å²) >= 11 is 1.93. The summed E-state index contributed by atoms with van der Waals surface area (Å²) in [7, 11) is 0. The zero-order valence-electron chi connectivity index (χ0n) is 15.4. The van der Waals surface area contributed by atoms with Gasteiger partial charge in [0.2, 0.25) is 0 Å². The predicted octanol–water partition coefficient (Wildman–Crippen LogP) is 3.17. The van der Waals surface area contributed by atoms with Gasteiger partial charge in [0.05, 0.1) is 23.2 Å². The molecule has 1 spiro atoms. The molecule has 7 heteroatoms. The summed E-state index contributed by atoms with van der Waals surface area (Å²) in [6.07, 6.45) is 3.50. The number of likely N-dealkylation sites (tertiary alicyclic amines) is 1. The molecule has 1 aliphatic carbocycles. The summed E-state index contributed by atoms with van der Waals surface area (Å²) in [6.45, 7) is 4.08. The van der Waals surface area contributed by atoms with Crippen molar-refractivity contribution in [3.63, 3.8) is 0 Å². The monoisotopic (exact) mass is 385 g/mol. The van der Waals surface area contributed by atoms with E-state index in [-0.39, 0.29) is 16.8 Å². The fraction of sp³-hybridized carbons (Fsp3) is 0.550. The quantitative estimate of drug-likeness (QED) is 0.787. The summed E-state index contributed by atoms with van der Waals surface area (Å²) in [5, 5.41) is 3.98. The van der Waals surface area contributed by atoms with Crippen molar-refractivity contribution in [2.24, 2.45) is 0 Å². The summed E-state index contributed by atoms with van der Waals surface area (Å²) in [5.41, 5.74) is 2.44. The molecule has 3 fully saturated rings. The van der Waals surface area contributed by atoms with Gasteiger partial charge in [0.1, 0.15) is 5.76 Å². The lowest BCUT2D eigenvalue weighted by Gasteiger charge is -2.47. The number of thioether (sulfide) groups is 1. The van der Waals surface area contributed by atoms with Gasteiger partial charge in [-0.2, -0.15) is 0 Å². The number of aromatic nitrogens is 2. The van der Waals surface area contributed by atoms with E-state index in [0.29, 0.717) is 18.2 Å². The van der Waals surface area contributed by atoms with Gasteiger partial charge in [-0.25, -0.2) is 0 Å². The topological polar surface area (TPSA) is 68.5 Å². The number of amides is 1. The molecule has 5 rings (SSSR count). The van der Waals surface area contributed by atoms with E-state index in [2.05, 4.69) is 10.1 Å². The molecule has 0 bridgehead atoms. The van der Waals surface area contributed by atoms with Gasteiger partial charge >= 0.3 is 0 Å². The third-order valence-corrected chi connectivity index (χ3v) is 7.14. The van der Waals surface area contributed by atoms with Crippen molar-refractivity contribution in [3.05, 3.63) is 47.1 Å². The molecule has 0 aromatic carbocycles. The molecule has 1 saturated carbocycles. The maximum atomic E-state index is 12.6. The molecule has 0 N–H and O–H groups in total. The van der Waals surface area contributed by atoms with Crippen molar-refractivity contribution in [2.45, 2.75) is 49.6 Å². The van der Waals surface area contributed by atoms with E-state index >= 15 is 0 Å². The van der Waals surface area contributed by atoms with Crippen LogP contribution in [0.2, 0.25) is 0 Å². The van der Waals surface area contributed by atoms with Crippen LogP contribution in [0.1, 0.15) is 52.8 Å². The van der Waals surface area contributed by atoms with Crippen molar-refractivity contribution in [1.29, 1.82) is 0 Å². The van der Waals surface area contributed by atoms with Crippen LogP contribution < -0.4 is 0 Å². The molecular weight excluding hydrogens is 362 g/mol. The lowest BCUT2D eigenvalue weighted by atomic mass is 9.92. The highest BCUT2D eigenvalue weighted by molar-refractivity contribution is 8.01. The number of hydrogen-bond donors (Lipinski definition) is 0. The first-order valence-electron chi connectivity index (χ1n) is 9.54. The Morgan fingerprint density at radius 1 is 1.41 bits per heavy atom. The van der Waals surface area contributed by atoms with Gasteiger partial charge < -0.3 is 14.2 Å². The average Bonchev–Trinajstić information content (AvgIpc) is 3.20. The van der Waals surface area contributed by atoms with E-state index in [9.17, 15) is 4.79 Å². The van der Waals surface area contributed by atoms with Crippen molar-refractivity contribution < 1.29 is 14.1 Å². The number of carbonyl (C=O) groups excluding carboxylic acids is 1. The Hall–Kier alpha value is -1.86. The molecule has 3 aliphatic rings. The van der Waals surface area contributed by atoms with Gasteiger partial charge in [0.25, 0.3) is 5.91 Å². The SMILES string of the molecule is Cc1cccc(CO[C@@H]2CSC3(C2)CN(C(=O)c2cc(C4CC4)on2)C3)n1. The Morgan fingerprint density at radius 3 is 3.04 bits per heavy atom. The zero-order valence-corrected chi connectivity index (χ0v) is 16.2. The third kappa shape index (κ3) is 3.50. The fourth-order valence-corrected chi connectivity index (χ4v) is 5.47. The van der Waals surface area contributed by atoms with Gasteiger partial charge in [-0.15, -0.1) is 11.8 Å². The first-order chi connectivity index (χ1) is 13.1. The van der Waals surface area contributed by atoms with Crippen LogP contribution in [0.3, 0.4) is 0 Å².